The SMILES string of the molecule is CNC(=O)c1cnc(OCCOCCn2cc(-c3ccc4c(c3)CN(C3CCC(=O)NC3=O)C4=O)nn2)c(F)c1-c1c(Cl)c(F)cc2c1C[C@](c1ccccc1)([C@@H]1CCCN1)O2. The van der Waals surface area contributed by atoms with Crippen molar-refractivity contribution in [2.75, 3.05) is 33.4 Å². The first-order valence-electron chi connectivity index (χ1n) is 20.3. The van der Waals surface area contributed by atoms with Gasteiger partial charge in [-0.15, -0.1) is 5.10 Å². The van der Waals surface area contributed by atoms with E-state index in [1.165, 1.54) is 24.2 Å². The van der Waals surface area contributed by atoms with Crippen LogP contribution in [0.15, 0.2) is 67.0 Å². The normalized spacial score (nSPS) is 20.5. The van der Waals surface area contributed by atoms with Crippen molar-refractivity contribution in [3.8, 4) is 34.0 Å². The number of nitrogens with one attached hydrogen (secondary N) is 3. The molecule has 62 heavy (non-hydrogen) atoms. The first kappa shape index (κ1) is 41.1. The Labute approximate surface area is 359 Å². The van der Waals surface area contributed by atoms with Crippen molar-refractivity contribution in [3.63, 3.8) is 0 Å². The van der Waals surface area contributed by atoms with Gasteiger partial charge in [-0.25, -0.2) is 18.4 Å². The number of pyridine rings is 1. The Morgan fingerprint density at radius 1 is 1.06 bits per heavy atom. The van der Waals surface area contributed by atoms with Gasteiger partial charge in [-0.05, 0) is 49.1 Å². The smallest absolute Gasteiger partial charge is 0.255 e. The van der Waals surface area contributed by atoms with Crippen molar-refractivity contribution in [1.29, 1.82) is 0 Å². The van der Waals surface area contributed by atoms with E-state index in [9.17, 15) is 19.2 Å². The van der Waals surface area contributed by atoms with Crippen LogP contribution in [0.5, 0.6) is 11.6 Å². The van der Waals surface area contributed by atoms with Crippen LogP contribution in [-0.2, 0) is 39.4 Å². The quantitative estimate of drug-likeness (QED) is 0.110. The number of rotatable bonds is 13. The maximum Gasteiger partial charge on any atom is 0.255 e. The molecule has 4 amide bonds. The average Bonchev–Trinajstić information content (AvgIpc) is 4.11. The first-order chi connectivity index (χ1) is 30.1. The van der Waals surface area contributed by atoms with E-state index in [1.54, 1.807) is 23.0 Å². The number of hydrogen-bond donors (Lipinski definition) is 3. The largest absolute Gasteiger partial charge is 0.480 e. The van der Waals surface area contributed by atoms with Gasteiger partial charge in [-0.2, -0.15) is 0 Å². The number of fused-ring (bicyclic) bond motifs is 2. The highest BCUT2D eigenvalue weighted by molar-refractivity contribution is 6.34. The highest BCUT2D eigenvalue weighted by Crippen LogP contribution is 2.52. The van der Waals surface area contributed by atoms with E-state index in [2.05, 4.69) is 31.2 Å². The lowest BCUT2D eigenvalue weighted by Crippen LogP contribution is -2.52. The molecule has 15 nitrogen and oxygen atoms in total. The summed E-state index contributed by atoms with van der Waals surface area (Å²) in [4.78, 5) is 55.9. The van der Waals surface area contributed by atoms with Gasteiger partial charge in [-0.1, -0.05) is 53.2 Å². The number of aromatic nitrogens is 4. The number of amides is 4. The number of benzene rings is 3. The Morgan fingerprint density at radius 2 is 1.90 bits per heavy atom. The third kappa shape index (κ3) is 7.43. The molecular formula is C44H41ClF2N8O7. The summed E-state index contributed by atoms with van der Waals surface area (Å²) < 4.78 is 52.3. The molecule has 1 unspecified atom stereocenters. The maximum atomic E-state index is 16.8. The molecule has 0 saturated carbocycles. The Morgan fingerprint density at radius 3 is 2.68 bits per heavy atom. The van der Waals surface area contributed by atoms with Crippen LogP contribution in [0.1, 0.15) is 63.1 Å². The molecule has 2 saturated heterocycles. The number of hydrogen-bond acceptors (Lipinski definition) is 11. The molecule has 3 atom stereocenters. The molecular weight excluding hydrogens is 826 g/mol. The van der Waals surface area contributed by atoms with E-state index in [4.69, 9.17) is 25.8 Å². The van der Waals surface area contributed by atoms with Crippen molar-refractivity contribution < 1.29 is 42.2 Å². The number of nitrogens with zero attached hydrogens (tertiary/aromatic N) is 5. The van der Waals surface area contributed by atoms with Gasteiger partial charge in [0.05, 0.1) is 42.6 Å². The van der Waals surface area contributed by atoms with Crippen LogP contribution in [0.2, 0.25) is 5.02 Å². The minimum atomic E-state index is -0.994. The fraction of sp³-hybridized carbons (Fsp3) is 0.341. The van der Waals surface area contributed by atoms with Crippen LogP contribution in [0.3, 0.4) is 0 Å². The minimum Gasteiger partial charge on any atom is -0.480 e. The van der Waals surface area contributed by atoms with Gasteiger partial charge in [0.25, 0.3) is 17.7 Å². The summed E-state index contributed by atoms with van der Waals surface area (Å²) in [6.07, 6.45) is 5.31. The third-order valence-electron chi connectivity index (χ3n) is 11.9. The lowest BCUT2D eigenvalue weighted by molar-refractivity contribution is -0.136. The summed E-state index contributed by atoms with van der Waals surface area (Å²) in [5.41, 5.74) is 2.50. The molecule has 3 N–H and O–H groups in total. The van der Waals surface area contributed by atoms with E-state index >= 15 is 8.78 Å². The second-order valence-electron chi connectivity index (χ2n) is 15.6. The molecule has 9 rings (SSSR count). The van der Waals surface area contributed by atoms with Gasteiger partial charge in [0.1, 0.15) is 29.9 Å². The Balaban J connectivity index is 0.865. The van der Waals surface area contributed by atoms with Gasteiger partial charge in [0, 0.05) is 66.5 Å². The van der Waals surface area contributed by atoms with E-state index < -0.39 is 41.0 Å². The summed E-state index contributed by atoms with van der Waals surface area (Å²) in [5.74, 6) is -3.77. The second kappa shape index (κ2) is 16.9. The van der Waals surface area contributed by atoms with Crippen LogP contribution < -0.4 is 25.4 Å². The number of piperidine rings is 1. The molecule has 4 aliphatic rings. The van der Waals surface area contributed by atoms with Crippen molar-refractivity contribution >= 4 is 35.2 Å². The number of imide groups is 1. The first-order valence-corrected chi connectivity index (χ1v) is 20.7. The van der Waals surface area contributed by atoms with E-state index in [-0.39, 0.29) is 90.9 Å². The average molecular weight is 867 g/mol. The standard InChI is InChI=1S/C44H41ClF2N8O7/c1-48-40(57)29-21-50-42(39(47)37(29)36-28-20-44(34-8-5-13-49-34,26-6-3-2-4-7-26)62-33(28)19-30(46)38(36)45)61-17-16-60-15-14-54-23-31(52-53-54)24-9-10-27-25(18-24)22-55(43(27)59)32-11-12-35(56)51-41(32)58/h2-4,6-7,9-10,18-19,21,23,32,34,49H,5,8,11-17,20,22H2,1H3,(H,48,57)(H,51,56,58)/t32?,34-,44-/m0/s1. The van der Waals surface area contributed by atoms with Gasteiger partial charge >= 0.3 is 0 Å². The van der Waals surface area contributed by atoms with Crippen molar-refractivity contribution in [1.82, 2.24) is 40.8 Å². The Bertz CT molecular complexity index is 2610. The molecule has 2 aromatic heterocycles. The summed E-state index contributed by atoms with van der Waals surface area (Å²) >= 11 is 6.70. The van der Waals surface area contributed by atoms with Crippen LogP contribution in [0.25, 0.3) is 22.4 Å². The topological polar surface area (TPSA) is 179 Å². The number of ether oxygens (including phenoxy) is 3. The molecule has 2 fully saturated rings. The summed E-state index contributed by atoms with van der Waals surface area (Å²) in [6, 6.07) is 15.3. The molecule has 3 aromatic carbocycles. The summed E-state index contributed by atoms with van der Waals surface area (Å²) in [7, 11) is 1.40. The van der Waals surface area contributed by atoms with Gasteiger partial charge in [0.2, 0.25) is 11.8 Å². The third-order valence-corrected chi connectivity index (χ3v) is 12.3. The highest BCUT2D eigenvalue weighted by Gasteiger charge is 2.50. The van der Waals surface area contributed by atoms with E-state index in [0.29, 0.717) is 23.4 Å². The molecule has 0 radical (unpaired) electrons. The van der Waals surface area contributed by atoms with Crippen LogP contribution in [-0.4, -0.2) is 94.0 Å². The van der Waals surface area contributed by atoms with Crippen LogP contribution in [0, 0.1) is 11.6 Å². The van der Waals surface area contributed by atoms with Crippen LogP contribution >= 0.6 is 11.6 Å². The molecule has 6 heterocycles. The number of carbonyl (C=O) groups excluding carboxylic acids is 4. The monoisotopic (exact) mass is 866 g/mol. The molecule has 320 valence electrons. The van der Waals surface area contributed by atoms with Gasteiger partial charge in [-0.3, -0.25) is 24.5 Å². The van der Waals surface area contributed by atoms with Gasteiger partial charge < -0.3 is 29.7 Å². The lowest BCUT2D eigenvalue weighted by atomic mass is 9.80. The number of halogens is 3. The molecule has 18 heteroatoms. The van der Waals surface area contributed by atoms with Crippen molar-refractivity contribution in [3.05, 3.63) is 111 Å². The minimum absolute atomic E-state index is 0.00755. The predicted molar refractivity (Wildman–Crippen MR) is 219 cm³/mol. The van der Waals surface area contributed by atoms with Crippen molar-refractivity contribution in [2.24, 2.45) is 0 Å². The fourth-order valence-electron chi connectivity index (χ4n) is 8.87. The molecule has 0 spiro atoms. The van der Waals surface area contributed by atoms with Crippen LogP contribution in [0.4, 0.5) is 8.78 Å². The lowest BCUT2D eigenvalue weighted by Gasteiger charge is -2.35. The highest BCUT2D eigenvalue weighted by atomic mass is 35.5. The molecule has 0 bridgehead atoms. The fourth-order valence-corrected chi connectivity index (χ4v) is 9.14. The zero-order valence-electron chi connectivity index (χ0n) is 33.5. The van der Waals surface area contributed by atoms with Gasteiger partial charge in [0.15, 0.2) is 11.4 Å². The van der Waals surface area contributed by atoms with E-state index in [1.807, 2.05) is 36.4 Å². The zero-order chi connectivity index (χ0) is 43.1. The summed E-state index contributed by atoms with van der Waals surface area (Å²) in [6.45, 7) is 1.47. The van der Waals surface area contributed by atoms with E-state index in [0.717, 1.165) is 36.1 Å². The zero-order valence-corrected chi connectivity index (χ0v) is 34.3. The second-order valence-corrected chi connectivity index (χ2v) is 15.9. The summed E-state index contributed by atoms with van der Waals surface area (Å²) in [5, 5.41) is 16.4. The molecule has 0 aliphatic carbocycles. The maximum absolute atomic E-state index is 16.8. The molecule has 4 aliphatic heterocycles. The Hall–Kier alpha value is -6.30. The predicted octanol–water partition coefficient (Wildman–Crippen LogP) is 4.74. The molecule has 5 aromatic rings. The van der Waals surface area contributed by atoms with Crippen molar-refractivity contribution in [2.45, 2.75) is 62.9 Å². The number of carbonyl (C=O) groups is 4. The Kier molecular flexibility index (Phi) is 11.2.